The first-order valence-electron chi connectivity index (χ1n) is 6.45. The summed E-state index contributed by atoms with van der Waals surface area (Å²) in [6, 6.07) is 0.710. The lowest BCUT2D eigenvalue weighted by Gasteiger charge is -2.46. The van der Waals surface area contributed by atoms with Gasteiger partial charge in [-0.3, -0.25) is 5.32 Å². The molecule has 0 radical (unpaired) electrons. The van der Waals surface area contributed by atoms with Crippen LogP contribution in [0.4, 0.5) is 0 Å². The van der Waals surface area contributed by atoms with Crippen molar-refractivity contribution in [3.05, 3.63) is 0 Å². The summed E-state index contributed by atoms with van der Waals surface area (Å²) < 4.78 is 0. The Balaban J connectivity index is 2.16. The Morgan fingerprint density at radius 3 is 2.53 bits per heavy atom. The number of rotatable bonds is 1. The van der Waals surface area contributed by atoms with Gasteiger partial charge in [0.05, 0.1) is 4.87 Å². The van der Waals surface area contributed by atoms with Crippen molar-refractivity contribution in [1.29, 1.82) is 0 Å². The van der Waals surface area contributed by atoms with Crippen LogP contribution in [0.2, 0.25) is 0 Å². The molecule has 1 N–H and O–H groups in total. The van der Waals surface area contributed by atoms with Crippen LogP contribution in [0.15, 0.2) is 0 Å². The monoisotopic (exact) mass is 227 g/mol. The number of hydrogen-bond acceptors (Lipinski definition) is 2. The van der Waals surface area contributed by atoms with E-state index in [1.165, 1.54) is 25.0 Å². The lowest BCUT2D eigenvalue weighted by atomic mass is 9.73. The summed E-state index contributed by atoms with van der Waals surface area (Å²) in [4.78, 5) is 0.422. The molecule has 1 saturated heterocycles. The molecule has 0 aromatic carbocycles. The molecule has 1 aliphatic carbocycles. The van der Waals surface area contributed by atoms with Crippen LogP contribution >= 0.6 is 11.8 Å². The first kappa shape index (κ1) is 11.8. The molecule has 2 heteroatoms. The van der Waals surface area contributed by atoms with E-state index in [9.17, 15) is 0 Å². The van der Waals surface area contributed by atoms with Gasteiger partial charge in [0.15, 0.2) is 0 Å². The molecule has 2 aliphatic rings. The van der Waals surface area contributed by atoms with Gasteiger partial charge in [-0.1, -0.05) is 27.2 Å². The molecule has 1 spiro atoms. The molecule has 1 heterocycles. The third-order valence-electron chi connectivity index (χ3n) is 4.11. The minimum Gasteiger partial charge on any atom is -0.299 e. The van der Waals surface area contributed by atoms with Crippen molar-refractivity contribution >= 4 is 11.8 Å². The topological polar surface area (TPSA) is 12.0 Å². The van der Waals surface area contributed by atoms with Crippen LogP contribution in [0, 0.1) is 17.8 Å². The Bertz CT molecular complexity index is 229. The average molecular weight is 227 g/mol. The highest BCUT2D eigenvalue weighted by Crippen LogP contribution is 2.50. The zero-order valence-electron chi connectivity index (χ0n) is 10.5. The fraction of sp³-hybridized carbons (Fsp3) is 1.00. The first-order valence-corrected chi connectivity index (χ1v) is 7.44. The Labute approximate surface area is 98.8 Å². The van der Waals surface area contributed by atoms with E-state index in [2.05, 4.69) is 44.8 Å². The lowest BCUT2D eigenvalue weighted by molar-refractivity contribution is 0.146. The summed E-state index contributed by atoms with van der Waals surface area (Å²) in [5.41, 5.74) is 0. The molecule has 15 heavy (non-hydrogen) atoms. The van der Waals surface area contributed by atoms with Gasteiger partial charge in [0, 0.05) is 11.8 Å². The average Bonchev–Trinajstić information content (AvgIpc) is 2.47. The molecule has 1 saturated carbocycles. The number of thioether (sulfide) groups is 1. The smallest absolute Gasteiger partial charge is 0.0681 e. The van der Waals surface area contributed by atoms with E-state index in [1.807, 2.05) is 0 Å². The maximum absolute atomic E-state index is 3.89. The Morgan fingerprint density at radius 2 is 2.00 bits per heavy atom. The molecule has 0 bridgehead atoms. The fourth-order valence-corrected chi connectivity index (χ4v) is 5.37. The minimum absolute atomic E-state index is 0.422. The molecule has 0 aromatic rings. The zero-order chi connectivity index (χ0) is 11.1. The molecule has 4 unspecified atom stereocenters. The largest absolute Gasteiger partial charge is 0.299 e. The normalized spacial score (nSPS) is 46.6. The molecule has 2 fully saturated rings. The van der Waals surface area contributed by atoms with E-state index in [0.29, 0.717) is 10.9 Å². The predicted octanol–water partition coefficient (Wildman–Crippen LogP) is 3.50. The van der Waals surface area contributed by atoms with Crippen LogP contribution in [0.3, 0.4) is 0 Å². The second-order valence-electron chi connectivity index (χ2n) is 5.98. The maximum Gasteiger partial charge on any atom is 0.0681 e. The van der Waals surface area contributed by atoms with Crippen molar-refractivity contribution in [3.63, 3.8) is 0 Å². The van der Waals surface area contributed by atoms with Crippen LogP contribution in [0.5, 0.6) is 0 Å². The predicted molar refractivity (Wildman–Crippen MR) is 69.1 cm³/mol. The number of hydrogen-bond donors (Lipinski definition) is 1. The van der Waals surface area contributed by atoms with E-state index in [4.69, 9.17) is 0 Å². The molecule has 2 rings (SSSR count). The summed E-state index contributed by atoms with van der Waals surface area (Å²) in [7, 11) is 0. The van der Waals surface area contributed by atoms with Gasteiger partial charge in [-0.2, -0.15) is 0 Å². The van der Waals surface area contributed by atoms with E-state index in [-0.39, 0.29) is 0 Å². The second-order valence-corrected chi connectivity index (χ2v) is 7.33. The summed E-state index contributed by atoms with van der Waals surface area (Å²) >= 11 is 2.20. The van der Waals surface area contributed by atoms with Gasteiger partial charge in [0.25, 0.3) is 0 Å². The molecule has 1 nitrogen and oxygen atoms in total. The van der Waals surface area contributed by atoms with Crippen LogP contribution in [0.1, 0.15) is 47.0 Å². The Morgan fingerprint density at radius 1 is 1.27 bits per heavy atom. The van der Waals surface area contributed by atoms with Crippen molar-refractivity contribution in [3.8, 4) is 0 Å². The van der Waals surface area contributed by atoms with Gasteiger partial charge in [0.2, 0.25) is 0 Å². The summed E-state index contributed by atoms with van der Waals surface area (Å²) in [6.45, 7) is 9.54. The van der Waals surface area contributed by atoms with Gasteiger partial charge >= 0.3 is 0 Å². The highest BCUT2D eigenvalue weighted by molar-refractivity contribution is 8.00. The van der Waals surface area contributed by atoms with E-state index in [1.54, 1.807) is 0 Å². The van der Waals surface area contributed by atoms with Crippen LogP contribution < -0.4 is 5.32 Å². The maximum atomic E-state index is 3.89. The SMILES string of the molecule is CC1CCC(C(C)C)C2(C1)NC(C)CS2. The highest BCUT2D eigenvalue weighted by atomic mass is 32.2. The van der Waals surface area contributed by atoms with Gasteiger partial charge in [-0.25, -0.2) is 0 Å². The van der Waals surface area contributed by atoms with Gasteiger partial charge in [0.1, 0.15) is 0 Å². The molecular weight excluding hydrogens is 202 g/mol. The van der Waals surface area contributed by atoms with Crippen LogP contribution in [0.25, 0.3) is 0 Å². The highest BCUT2D eigenvalue weighted by Gasteiger charge is 2.48. The Kier molecular flexibility index (Phi) is 3.37. The summed E-state index contributed by atoms with van der Waals surface area (Å²) in [6.07, 6.45) is 4.23. The van der Waals surface area contributed by atoms with Crippen molar-refractivity contribution in [2.75, 3.05) is 5.75 Å². The fourth-order valence-electron chi connectivity index (χ4n) is 3.45. The molecular formula is C13H25NS. The third-order valence-corrected chi connectivity index (χ3v) is 5.88. The van der Waals surface area contributed by atoms with Crippen molar-refractivity contribution in [2.45, 2.75) is 57.9 Å². The van der Waals surface area contributed by atoms with Crippen molar-refractivity contribution in [2.24, 2.45) is 17.8 Å². The number of nitrogens with one attached hydrogen (secondary N) is 1. The standard InChI is InChI=1S/C13H25NS/c1-9(2)12-6-5-10(3)7-13(12)14-11(4)8-15-13/h9-12,14H,5-8H2,1-4H3. The van der Waals surface area contributed by atoms with E-state index in [0.717, 1.165) is 17.8 Å². The molecule has 4 atom stereocenters. The summed E-state index contributed by atoms with van der Waals surface area (Å²) in [5.74, 6) is 3.91. The summed E-state index contributed by atoms with van der Waals surface area (Å²) in [5, 5.41) is 3.89. The molecule has 0 aromatic heterocycles. The van der Waals surface area contributed by atoms with Crippen LogP contribution in [-0.4, -0.2) is 16.7 Å². The van der Waals surface area contributed by atoms with Crippen molar-refractivity contribution < 1.29 is 0 Å². The molecule has 88 valence electrons. The van der Waals surface area contributed by atoms with Gasteiger partial charge < -0.3 is 0 Å². The second kappa shape index (κ2) is 4.29. The van der Waals surface area contributed by atoms with Gasteiger partial charge in [-0.15, -0.1) is 11.8 Å². The zero-order valence-corrected chi connectivity index (χ0v) is 11.4. The Hall–Kier alpha value is 0.310. The quantitative estimate of drug-likeness (QED) is 0.736. The molecule has 0 amide bonds. The van der Waals surface area contributed by atoms with Gasteiger partial charge in [-0.05, 0) is 37.5 Å². The van der Waals surface area contributed by atoms with Crippen molar-refractivity contribution in [1.82, 2.24) is 5.32 Å². The van der Waals surface area contributed by atoms with E-state index < -0.39 is 0 Å². The van der Waals surface area contributed by atoms with E-state index >= 15 is 0 Å². The first-order chi connectivity index (χ1) is 7.03. The van der Waals surface area contributed by atoms with Crippen LogP contribution in [-0.2, 0) is 0 Å². The third kappa shape index (κ3) is 2.21. The lowest BCUT2D eigenvalue weighted by Crippen LogP contribution is -2.52. The minimum atomic E-state index is 0.422. The molecule has 1 aliphatic heterocycles.